The van der Waals surface area contributed by atoms with Gasteiger partial charge in [-0.2, -0.15) is 0 Å². The molecule has 1 amide bonds. The molecule has 28 heavy (non-hydrogen) atoms. The predicted octanol–water partition coefficient (Wildman–Crippen LogP) is 2.55. The summed E-state index contributed by atoms with van der Waals surface area (Å²) in [5.74, 6) is 0.0966. The predicted molar refractivity (Wildman–Crippen MR) is 108 cm³/mol. The highest BCUT2D eigenvalue weighted by atomic mass is 16.5. The maximum atomic E-state index is 11.5. The first-order chi connectivity index (χ1) is 13.6. The monoisotopic (exact) mass is 377 g/mol. The highest BCUT2D eigenvalue weighted by Gasteiger charge is 2.11. The molecule has 0 aliphatic heterocycles. The van der Waals surface area contributed by atoms with Crippen molar-refractivity contribution in [2.45, 2.75) is 6.10 Å². The lowest BCUT2D eigenvalue weighted by molar-refractivity contribution is 0.1000. The van der Waals surface area contributed by atoms with Gasteiger partial charge in [-0.1, -0.05) is 36.4 Å². The lowest BCUT2D eigenvalue weighted by Crippen LogP contribution is -2.26. The summed E-state index contributed by atoms with van der Waals surface area (Å²) in [5.41, 5.74) is 8.44. The van der Waals surface area contributed by atoms with E-state index in [9.17, 15) is 9.90 Å². The van der Waals surface area contributed by atoms with Crippen molar-refractivity contribution in [3.8, 4) is 16.9 Å². The molecule has 4 N–H and O–H groups in total. The molecule has 6 heteroatoms. The molecule has 6 nitrogen and oxygen atoms in total. The van der Waals surface area contributed by atoms with Crippen LogP contribution >= 0.6 is 0 Å². The minimum absolute atomic E-state index is 0.377. The Morgan fingerprint density at radius 1 is 1.14 bits per heavy atom. The number of carbonyl (C=O) groups excluding carboxylic acids is 1. The maximum Gasteiger partial charge on any atom is 0.248 e. The summed E-state index contributed by atoms with van der Waals surface area (Å²) in [4.78, 5) is 15.5. The molecule has 1 aromatic heterocycles. The third-order valence-corrected chi connectivity index (χ3v) is 4.29. The number of hydrogen-bond acceptors (Lipinski definition) is 5. The fourth-order valence-corrected chi connectivity index (χ4v) is 2.81. The second-order valence-corrected chi connectivity index (χ2v) is 6.30. The zero-order valence-corrected chi connectivity index (χ0v) is 15.4. The van der Waals surface area contributed by atoms with E-state index in [0.717, 1.165) is 16.7 Å². The average molecular weight is 377 g/mol. The van der Waals surface area contributed by atoms with Crippen molar-refractivity contribution in [3.63, 3.8) is 0 Å². The number of ether oxygens (including phenoxy) is 1. The first-order valence-corrected chi connectivity index (χ1v) is 9.06. The van der Waals surface area contributed by atoms with E-state index < -0.39 is 12.0 Å². The van der Waals surface area contributed by atoms with E-state index in [1.54, 1.807) is 30.6 Å². The van der Waals surface area contributed by atoms with Crippen LogP contribution in [0.4, 0.5) is 0 Å². The van der Waals surface area contributed by atoms with Crippen LogP contribution in [0.2, 0.25) is 0 Å². The molecule has 0 saturated heterocycles. The number of nitrogens with one attached hydrogen (secondary N) is 1. The van der Waals surface area contributed by atoms with Crippen LogP contribution in [0, 0.1) is 0 Å². The molecule has 0 aliphatic carbocycles. The van der Waals surface area contributed by atoms with Crippen LogP contribution < -0.4 is 15.8 Å². The fraction of sp³-hybridized carbons (Fsp3) is 0.182. The number of nitrogens with two attached hydrogens (primary N) is 1. The number of nitrogens with zero attached hydrogens (tertiary/aromatic N) is 1. The second kappa shape index (κ2) is 9.64. The third kappa shape index (κ3) is 5.16. The number of aliphatic hydroxyl groups excluding tert-OH is 1. The Bertz CT molecular complexity index is 901. The molecule has 0 radical (unpaired) electrons. The van der Waals surface area contributed by atoms with E-state index in [0.29, 0.717) is 31.0 Å². The molecule has 0 unspecified atom stereocenters. The Kier molecular flexibility index (Phi) is 6.73. The van der Waals surface area contributed by atoms with Crippen LogP contribution in [0.25, 0.3) is 11.1 Å². The van der Waals surface area contributed by atoms with Gasteiger partial charge in [0.15, 0.2) is 0 Å². The van der Waals surface area contributed by atoms with Crippen LogP contribution in [0.1, 0.15) is 22.0 Å². The minimum atomic E-state index is -0.633. The summed E-state index contributed by atoms with van der Waals surface area (Å²) in [6.45, 7) is 1.30. The first-order valence-electron chi connectivity index (χ1n) is 9.06. The van der Waals surface area contributed by atoms with Crippen molar-refractivity contribution in [1.29, 1.82) is 0 Å². The van der Waals surface area contributed by atoms with E-state index in [-0.39, 0.29) is 0 Å². The maximum absolute atomic E-state index is 11.5. The Labute approximate surface area is 164 Å². The van der Waals surface area contributed by atoms with Crippen molar-refractivity contribution in [2.24, 2.45) is 5.73 Å². The molecule has 2 aromatic carbocycles. The van der Waals surface area contributed by atoms with Crippen LogP contribution in [-0.4, -0.2) is 35.7 Å². The molecule has 0 spiro atoms. The second-order valence-electron chi connectivity index (χ2n) is 6.30. The molecule has 3 rings (SSSR count). The number of rotatable bonds is 9. The summed E-state index contributed by atoms with van der Waals surface area (Å²) < 4.78 is 5.91. The van der Waals surface area contributed by atoms with Crippen LogP contribution in [0.15, 0.2) is 73.1 Å². The molecular weight excluding hydrogens is 354 g/mol. The topological polar surface area (TPSA) is 97.5 Å². The van der Waals surface area contributed by atoms with Gasteiger partial charge in [-0.3, -0.25) is 9.78 Å². The first kappa shape index (κ1) is 19.5. The van der Waals surface area contributed by atoms with Gasteiger partial charge in [-0.25, -0.2) is 0 Å². The molecule has 0 fully saturated rings. The standard InChI is InChI=1S/C22H23N3O3/c23-22(27)17-8-9-19(16-5-2-1-3-6-16)21(13-17)28-12-11-25-15-20(26)18-7-4-10-24-14-18/h1-10,13-14,20,25-26H,11-12,15H2,(H2,23,27)/t20-/m0/s1. The third-order valence-electron chi connectivity index (χ3n) is 4.29. The van der Waals surface area contributed by atoms with Gasteiger partial charge in [0.1, 0.15) is 12.4 Å². The zero-order chi connectivity index (χ0) is 19.8. The molecule has 144 valence electrons. The number of hydrogen-bond donors (Lipinski definition) is 3. The lowest BCUT2D eigenvalue weighted by atomic mass is 10.0. The Morgan fingerprint density at radius 2 is 1.96 bits per heavy atom. The van der Waals surface area contributed by atoms with Crippen molar-refractivity contribution >= 4 is 5.91 Å². The molecule has 1 atom stereocenters. The SMILES string of the molecule is NC(=O)c1ccc(-c2ccccc2)c(OCCNC[C@H](O)c2cccnc2)c1. The number of pyridine rings is 1. The van der Waals surface area contributed by atoms with Crippen molar-refractivity contribution < 1.29 is 14.6 Å². The zero-order valence-electron chi connectivity index (χ0n) is 15.4. The summed E-state index contributed by atoms with van der Waals surface area (Å²) in [6, 6.07) is 18.6. The van der Waals surface area contributed by atoms with Gasteiger partial charge in [0.25, 0.3) is 0 Å². The van der Waals surface area contributed by atoms with Gasteiger partial charge in [0, 0.05) is 42.2 Å². The molecule has 1 heterocycles. The summed E-state index contributed by atoms with van der Waals surface area (Å²) in [7, 11) is 0. The molecule has 0 aliphatic rings. The average Bonchev–Trinajstić information content (AvgIpc) is 2.74. The fourth-order valence-electron chi connectivity index (χ4n) is 2.81. The Hall–Kier alpha value is -3.22. The highest BCUT2D eigenvalue weighted by Crippen LogP contribution is 2.30. The number of aliphatic hydroxyl groups is 1. The van der Waals surface area contributed by atoms with E-state index in [2.05, 4.69) is 10.3 Å². The van der Waals surface area contributed by atoms with Crippen LogP contribution in [-0.2, 0) is 0 Å². The van der Waals surface area contributed by atoms with Gasteiger partial charge < -0.3 is 20.9 Å². The van der Waals surface area contributed by atoms with Gasteiger partial charge in [-0.05, 0) is 29.8 Å². The van der Waals surface area contributed by atoms with Crippen LogP contribution in [0.3, 0.4) is 0 Å². The molecule has 0 bridgehead atoms. The number of amides is 1. The normalized spacial score (nSPS) is 11.8. The molecule has 0 saturated carbocycles. The van der Waals surface area contributed by atoms with E-state index in [4.69, 9.17) is 10.5 Å². The van der Waals surface area contributed by atoms with Gasteiger partial charge in [0.2, 0.25) is 5.91 Å². The van der Waals surface area contributed by atoms with Crippen molar-refractivity contribution in [2.75, 3.05) is 19.7 Å². The van der Waals surface area contributed by atoms with E-state index in [1.807, 2.05) is 42.5 Å². The number of primary amides is 1. The number of carbonyl (C=O) groups is 1. The van der Waals surface area contributed by atoms with E-state index >= 15 is 0 Å². The lowest BCUT2D eigenvalue weighted by Gasteiger charge is -2.15. The van der Waals surface area contributed by atoms with Crippen LogP contribution in [0.5, 0.6) is 5.75 Å². The highest BCUT2D eigenvalue weighted by molar-refractivity contribution is 5.94. The quantitative estimate of drug-likeness (QED) is 0.498. The summed E-state index contributed by atoms with van der Waals surface area (Å²) in [5, 5.41) is 13.3. The van der Waals surface area contributed by atoms with Gasteiger partial charge in [-0.15, -0.1) is 0 Å². The largest absolute Gasteiger partial charge is 0.492 e. The van der Waals surface area contributed by atoms with Crippen molar-refractivity contribution in [3.05, 3.63) is 84.2 Å². The van der Waals surface area contributed by atoms with Crippen molar-refractivity contribution in [1.82, 2.24) is 10.3 Å². The Morgan fingerprint density at radius 3 is 2.68 bits per heavy atom. The summed E-state index contributed by atoms with van der Waals surface area (Å²) in [6.07, 6.45) is 2.68. The van der Waals surface area contributed by atoms with E-state index in [1.165, 1.54) is 0 Å². The summed E-state index contributed by atoms with van der Waals surface area (Å²) >= 11 is 0. The molecule has 3 aromatic rings. The number of benzene rings is 2. The number of aromatic nitrogens is 1. The smallest absolute Gasteiger partial charge is 0.248 e. The van der Waals surface area contributed by atoms with Gasteiger partial charge >= 0.3 is 0 Å². The Balaban J connectivity index is 1.60. The minimum Gasteiger partial charge on any atom is -0.492 e. The molecular formula is C22H23N3O3. The van der Waals surface area contributed by atoms with Gasteiger partial charge in [0.05, 0.1) is 6.10 Å².